The summed E-state index contributed by atoms with van der Waals surface area (Å²) in [6.45, 7) is 4.63. The standard InChI is InChI=1S/C12H21N5O2/c1-8(2)6-10(12(18)19-3)13-7-11-14-15-16-17(11)9-4-5-9/h8-10,13H,4-7H2,1-3H3. The molecule has 1 aromatic heterocycles. The van der Waals surface area contributed by atoms with Crippen LogP contribution in [0.3, 0.4) is 0 Å². The Morgan fingerprint density at radius 2 is 2.26 bits per heavy atom. The second-order valence-corrected chi connectivity index (χ2v) is 5.36. The topological polar surface area (TPSA) is 81.9 Å². The van der Waals surface area contributed by atoms with Crippen molar-refractivity contribution >= 4 is 5.97 Å². The van der Waals surface area contributed by atoms with Crippen molar-refractivity contribution in [2.45, 2.75) is 51.7 Å². The molecule has 0 radical (unpaired) electrons. The Balaban J connectivity index is 1.93. The first kappa shape index (κ1) is 13.9. The van der Waals surface area contributed by atoms with Gasteiger partial charge < -0.3 is 4.74 Å². The molecule has 2 rings (SSSR count). The van der Waals surface area contributed by atoms with Crippen LogP contribution in [0.5, 0.6) is 0 Å². The quantitative estimate of drug-likeness (QED) is 0.732. The molecule has 7 heteroatoms. The van der Waals surface area contributed by atoms with E-state index in [1.165, 1.54) is 7.11 Å². The van der Waals surface area contributed by atoms with Gasteiger partial charge in [-0.2, -0.15) is 0 Å². The largest absolute Gasteiger partial charge is 0.468 e. The molecule has 0 saturated heterocycles. The summed E-state index contributed by atoms with van der Waals surface area (Å²) in [5, 5.41) is 14.9. The summed E-state index contributed by atoms with van der Waals surface area (Å²) in [7, 11) is 1.41. The number of methoxy groups -OCH3 is 1. The predicted molar refractivity (Wildman–Crippen MR) is 68.2 cm³/mol. The van der Waals surface area contributed by atoms with Gasteiger partial charge in [0.25, 0.3) is 0 Å². The SMILES string of the molecule is COC(=O)C(CC(C)C)NCc1nnnn1C1CC1. The molecule has 1 unspecified atom stereocenters. The number of tetrazole rings is 1. The van der Waals surface area contributed by atoms with Crippen LogP contribution in [0.4, 0.5) is 0 Å². The van der Waals surface area contributed by atoms with E-state index in [4.69, 9.17) is 4.74 Å². The molecule has 106 valence electrons. The second kappa shape index (κ2) is 6.10. The zero-order valence-corrected chi connectivity index (χ0v) is 11.7. The van der Waals surface area contributed by atoms with Crippen LogP contribution < -0.4 is 5.32 Å². The predicted octanol–water partition coefficient (Wildman–Crippen LogP) is 0.685. The van der Waals surface area contributed by atoms with Gasteiger partial charge in [-0.25, -0.2) is 4.68 Å². The molecule has 7 nitrogen and oxygen atoms in total. The van der Waals surface area contributed by atoms with Crippen LogP contribution in [0.15, 0.2) is 0 Å². The maximum Gasteiger partial charge on any atom is 0.322 e. The zero-order chi connectivity index (χ0) is 13.8. The van der Waals surface area contributed by atoms with Gasteiger partial charge in [-0.3, -0.25) is 10.1 Å². The summed E-state index contributed by atoms with van der Waals surface area (Å²) >= 11 is 0. The Morgan fingerprint density at radius 1 is 1.53 bits per heavy atom. The van der Waals surface area contributed by atoms with Gasteiger partial charge in [0, 0.05) is 0 Å². The Bertz CT molecular complexity index is 428. The van der Waals surface area contributed by atoms with Gasteiger partial charge in [0.1, 0.15) is 6.04 Å². The van der Waals surface area contributed by atoms with Gasteiger partial charge in [-0.15, -0.1) is 5.10 Å². The highest BCUT2D eigenvalue weighted by Gasteiger charge is 2.28. The number of hydrogen-bond donors (Lipinski definition) is 1. The van der Waals surface area contributed by atoms with Crippen LogP contribution in [0, 0.1) is 5.92 Å². The van der Waals surface area contributed by atoms with Gasteiger partial charge in [0.2, 0.25) is 0 Å². The van der Waals surface area contributed by atoms with Gasteiger partial charge in [-0.1, -0.05) is 13.8 Å². The number of esters is 1. The fraction of sp³-hybridized carbons (Fsp3) is 0.833. The van der Waals surface area contributed by atoms with Crippen molar-refractivity contribution in [3.63, 3.8) is 0 Å². The third kappa shape index (κ3) is 3.73. The lowest BCUT2D eigenvalue weighted by molar-refractivity contribution is -0.143. The molecule has 0 bridgehead atoms. The van der Waals surface area contributed by atoms with E-state index in [1.54, 1.807) is 0 Å². The monoisotopic (exact) mass is 267 g/mol. The average molecular weight is 267 g/mol. The first-order valence-corrected chi connectivity index (χ1v) is 6.69. The van der Waals surface area contributed by atoms with Crippen molar-refractivity contribution in [1.29, 1.82) is 0 Å². The van der Waals surface area contributed by atoms with Crippen LogP contribution in [0.25, 0.3) is 0 Å². The first-order chi connectivity index (χ1) is 9.11. The van der Waals surface area contributed by atoms with E-state index in [0.29, 0.717) is 18.5 Å². The Kier molecular flexibility index (Phi) is 4.47. The van der Waals surface area contributed by atoms with Crippen LogP contribution in [-0.4, -0.2) is 39.3 Å². The molecule has 1 fully saturated rings. The van der Waals surface area contributed by atoms with E-state index in [2.05, 4.69) is 34.7 Å². The highest BCUT2D eigenvalue weighted by Crippen LogP contribution is 2.34. The molecule has 1 aromatic rings. The summed E-state index contributed by atoms with van der Waals surface area (Å²) in [5.41, 5.74) is 0. The molecule has 1 aliphatic rings. The molecular weight excluding hydrogens is 246 g/mol. The molecule has 0 aliphatic heterocycles. The molecule has 0 spiro atoms. The van der Waals surface area contributed by atoms with Crippen molar-refractivity contribution in [2.75, 3.05) is 7.11 Å². The van der Waals surface area contributed by atoms with E-state index >= 15 is 0 Å². The first-order valence-electron chi connectivity index (χ1n) is 6.69. The van der Waals surface area contributed by atoms with E-state index in [-0.39, 0.29) is 12.0 Å². The number of carbonyl (C=O) groups excluding carboxylic acids is 1. The molecule has 1 N–H and O–H groups in total. The molecule has 0 amide bonds. The summed E-state index contributed by atoms with van der Waals surface area (Å²) in [6.07, 6.45) is 2.99. The van der Waals surface area contributed by atoms with Crippen molar-refractivity contribution < 1.29 is 9.53 Å². The minimum atomic E-state index is -0.311. The van der Waals surface area contributed by atoms with Crippen LogP contribution >= 0.6 is 0 Å². The van der Waals surface area contributed by atoms with Crippen molar-refractivity contribution in [3.8, 4) is 0 Å². The molecule has 0 aromatic carbocycles. The molecular formula is C12H21N5O2. The number of carbonyl (C=O) groups is 1. The van der Waals surface area contributed by atoms with Crippen LogP contribution in [-0.2, 0) is 16.1 Å². The third-order valence-corrected chi connectivity index (χ3v) is 3.15. The van der Waals surface area contributed by atoms with Crippen molar-refractivity contribution in [2.24, 2.45) is 5.92 Å². The minimum absolute atomic E-state index is 0.237. The normalized spacial score (nSPS) is 16.6. The smallest absolute Gasteiger partial charge is 0.322 e. The lowest BCUT2D eigenvalue weighted by Gasteiger charge is -2.17. The van der Waals surface area contributed by atoms with E-state index in [1.807, 2.05) is 4.68 Å². The van der Waals surface area contributed by atoms with Crippen molar-refractivity contribution in [3.05, 3.63) is 5.82 Å². The molecule has 1 heterocycles. The van der Waals surface area contributed by atoms with Crippen LogP contribution in [0.1, 0.15) is 45.0 Å². The summed E-state index contributed by atoms with van der Waals surface area (Å²) in [4.78, 5) is 11.7. The summed E-state index contributed by atoms with van der Waals surface area (Å²) in [6, 6.07) is 0.128. The third-order valence-electron chi connectivity index (χ3n) is 3.15. The lowest BCUT2D eigenvalue weighted by atomic mass is 10.0. The lowest BCUT2D eigenvalue weighted by Crippen LogP contribution is -2.38. The molecule has 1 atom stereocenters. The van der Waals surface area contributed by atoms with E-state index in [0.717, 1.165) is 25.1 Å². The maximum absolute atomic E-state index is 11.7. The van der Waals surface area contributed by atoms with E-state index in [9.17, 15) is 4.79 Å². The van der Waals surface area contributed by atoms with Gasteiger partial charge >= 0.3 is 5.97 Å². The Morgan fingerprint density at radius 3 is 2.84 bits per heavy atom. The van der Waals surface area contributed by atoms with Crippen molar-refractivity contribution in [1.82, 2.24) is 25.5 Å². The summed E-state index contributed by atoms with van der Waals surface area (Å²) < 4.78 is 6.66. The van der Waals surface area contributed by atoms with Gasteiger partial charge in [-0.05, 0) is 35.6 Å². The number of nitrogens with one attached hydrogen (secondary N) is 1. The minimum Gasteiger partial charge on any atom is -0.468 e. The molecule has 1 aliphatic carbocycles. The van der Waals surface area contributed by atoms with Gasteiger partial charge in [0.05, 0.1) is 19.7 Å². The number of rotatable bonds is 7. The van der Waals surface area contributed by atoms with Gasteiger partial charge in [0.15, 0.2) is 5.82 Å². The Labute approximate surface area is 112 Å². The number of hydrogen-bond acceptors (Lipinski definition) is 6. The number of aromatic nitrogens is 4. The number of ether oxygens (including phenoxy) is 1. The number of nitrogens with zero attached hydrogens (tertiary/aromatic N) is 4. The second-order valence-electron chi connectivity index (χ2n) is 5.36. The molecule has 1 saturated carbocycles. The van der Waals surface area contributed by atoms with Crippen LogP contribution in [0.2, 0.25) is 0 Å². The maximum atomic E-state index is 11.7. The fourth-order valence-electron chi connectivity index (χ4n) is 2.02. The average Bonchev–Trinajstić information content (AvgIpc) is 3.12. The highest BCUT2D eigenvalue weighted by atomic mass is 16.5. The summed E-state index contributed by atoms with van der Waals surface area (Å²) in [5.74, 6) is 0.954. The van der Waals surface area contributed by atoms with E-state index < -0.39 is 0 Å². The zero-order valence-electron chi connectivity index (χ0n) is 11.7. The molecule has 19 heavy (non-hydrogen) atoms. The fourth-order valence-corrected chi connectivity index (χ4v) is 2.02. The highest BCUT2D eigenvalue weighted by molar-refractivity contribution is 5.75. The Hall–Kier alpha value is -1.50.